The molecule has 0 saturated heterocycles. The Labute approximate surface area is 354 Å². The van der Waals surface area contributed by atoms with E-state index in [9.17, 15) is 10.5 Å². The molecule has 0 amide bonds. The lowest BCUT2D eigenvalue weighted by atomic mass is 9.91. The average molecular weight is 780 g/mol. The first-order valence-corrected chi connectivity index (χ1v) is 20.3. The van der Waals surface area contributed by atoms with E-state index in [1.54, 1.807) is 0 Å². The Morgan fingerprint density at radius 3 is 1.49 bits per heavy atom. The van der Waals surface area contributed by atoms with E-state index in [4.69, 9.17) is 9.97 Å². The molecule has 2 heterocycles. The number of hydrogen-bond donors (Lipinski definition) is 0. The van der Waals surface area contributed by atoms with Crippen molar-refractivity contribution in [3.63, 3.8) is 0 Å². The fourth-order valence-electron chi connectivity index (χ4n) is 8.50. The molecule has 2 aromatic heterocycles. The highest BCUT2D eigenvalue weighted by molar-refractivity contribution is 6.12. The van der Waals surface area contributed by atoms with Gasteiger partial charge in [0.25, 0.3) is 0 Å². The maximum absolute atomic E-state index is 9.85. The number of aryl methyl sites for hydroxylation is 2. The second-order valence-corrected chi connectivity index (χ2v) is 15.4. The molecule has 0 unspecified atom stereocenters. The molecule has 0 fully saturated rings. The molecule has 5 heteroatoms. The molecule has 0 aliphatic rings. The first-order chi connectivity index (χ1) is 29.9. The van der Waals surface area contributed by atoms with Crippen LogP contribution in [0.15, 0.2) is 188 Å². The first kappa shape index (κ1) is 36.9. The van der Waals surface area contributed by atoms with Gasteiger partial charge < -0.3 is 4.57 Å². The van der Waals surface area contributed by atoms with Gasteiger partial charge in [0.15, 0.2) is 5.82 Å². The summed E-state index contributed by atoms with van der Waals surface area (Å²) < 4.78 is 2.37. The van der Waals surface area contributed by atoms with Crippen molar-refractivity contribution in [1.82, 2.24) is 14.5 Å². The van der Waals surface area contributed by atoms with Crippen LogP contribution in [-0.4, -0.2) is 14.5 Å². The van der Waals surface area contributed by atoms with Crippen molar-refractivity contribution in [3.05, 3.63) is 210 Å². The Morgan fingerprint density at radius 1 is 0.410 bits per heavy atom. The van der Waals surface area contributed by atoms with Gasteiger partial charge in [0, 0.05) is 38.6 Å². The molecule has 0 aliphatic heterocycles. The maximum atomic E-state index is 9.85. The Bertz CT molecular complexity index is 3230. The van der Waals surface area contributed by atoms with Crippen molar-refractivity contribution in [1.29, 1.82) is 10.5 Å². The minimum Gasteiger partial charge on any atom is -0.308 e. The summed E-state index contributed by atoms with van der Waals surface area (Å²) in [6, 6.07) is 69.0. The Kier molecular flexibility index (Phi) is 9.33. The predicted molar refractivity (Wildman–Crippen MR) is 248 cm³/mol. The molecule has 0 N–H and O–H groups in total. The lowest BCUT2D eigenvalue weighted by molar-refractivity contribution is 1.17. The van der Waals surface area contributed by atoms with Crippen molar-refractivity contribution < 1.29 is 0 Å². The molecule has 0 bridgehead atoms. The first-order valence-electron chi connectivity index (χ1n) is 20.3. The van der Waals surface area contributed by atoms with E-state index in [0.717, 1.165) is 83.4 Å². The maximum Gasteiger partial charge on any atom is 0.160 e. The summed E-state index contributed by atoms with van der Waals surface area (Å²) in [6.07, 6.45) is 0. The molecule has 8 aromatic carbocycles. The number of benzene rings is 8. The number of rotatable bonds is 7. The Hall–Kier alpha value is -8.38. The molecule has 61 heavy (non-hydrogen) atoms. The van der Waals surface area contributed by atoms with Gasteiger partial charge in [-0.3, -0.25) is 0 Å². The van der Waals surface area contributed by atoms with E-state index in [0.29, 0.717) is 17.0 Å². The minimum atomic E-state index is 0.580. The van der Waals surface area contributed by atoms with Crippen LogP contribution < -0.4 is 0 Å². The van der Waals surface area contributed by atoms with E-state index in [1.807, 2.05) is 84.9 Å². The molecule has 10 aromatic rings. The standard InChI is InChI=1S/C56H37N5/c1-36-17-27-46(37(2)29-36)44-26-28-54-50(30-44)47-15-9-10-16-53(47)61(54)55-48(40-22-18-38(34-57)19-23-40)31-45(32-49(55)41-24-20-39(35-58)21-25-41)56-59-51(42-11-5-3-6-12-42)33-52(60-56)43-13-7-4-8-14-43/h3-33H,1-2H3. The molecule has 286 valence electrons. The summed E-state index contributed by atoms with van der Waals surface area (Å²) in [5.41, 5.74) is 17.3. The van der Waals surface area contributed by atoms with Crippen molar-refractivity contribution in [2.24, 2.45) is 0 Å². The molecule has 0 atom stereocenters. The van der Waals surface area contributed by atoms with Gasteiger partial charge in [0.05, 0.1) is 51.4 Å². The van der Waals surface area contributed by atoms with Crippen molar-refractivity contribution in [2.45, 2.75) is 13.8 Å². The van der Waals surface area contributed by atoms with Gasteiger partial charge in [0.2, 0.25) is 0 Å². The molecular formula is C56H37N5. The molecule has 5 nitrogen and oxygen atoms in total. The van der Waals surface area contributed by atoms with Crippen LogP contribution in [0.25, 0.3) is 94.8 Å². The number of aromatic nitrogens is 3. The molecule has 0 saturated carbocycles. The van der Waals surface area contributed by atoms with Crippen LogP contribution >= 0.6 is 0 Å². The van der Waals surface area contributed by atoms with Gasteiger partial charge in [-0.25, -0.2) is 9.97 Å². The van der Waals surface area contributed by atoms with Crippen molar-refractivity contribution >= 4 is 21.8 Å². The van der Waals surface area contributed by atoms with E-state index in [1.165, 1.54) is 16.7 Å². The highest BCUT2D eigenvalue weighted by Gasteiger charge is 2.23. The zero-order chi connectivity index (χ0) is 41.5. The van der Waals surface area contributed by atoms with Crippen molar-refractivity contribution in [3.8, 4) is 85.1 Å². The summed E-state index contributed by atoms with van der Waals surface area (Å²) in [6.45, 7) is 4.30. The average Bonchev–Trinajstić information content (AvgIpc) is 3.65. The lowest BCUT2D eigenvalue weighted by Gasteiger charge is -2.21. The third-order valence-electron chi connectivity index (χ3n) is 11.5. The zero-order valence-corrected chi connectivity index (χ0v) is 33.6. The second kappa shape index (κ2) is 15.4. The number of hydrogen-bond acceptors (Lipinski definition) is 4. The SMILES string of the molecule is Cc1ccc(-c2ccc3c(c2)c2ccccc2n3-c2c(-c3ccc(C#N)cc3)cc(-c3nc(-c4ccccc4)cc(-c4ccccc4)n3)cc2-c2ccc(C#N)cc2)c(C)c1. The van der Waals surface area contributed by atoms with Crippen LogP contribution in [-0.2, 0) is 0 Å². The van der Waals surface area contributed by atoms with Gasteiger partial charge in [-0.2, -0.15) is 10.5 Å². The second-order valence-electron chi connectivity index (χ2n) is 15.4. The quantitative estimate of drug-likeness (QED) is 0.161. The number of nitriles is 2. The van der Waals surface area contributed by atoms with Crippen LogP contribution in [0.1, 0.15) is 22.3 Å². The summed E-state index contributed by atoms with van der Waals surface area (Å²) in [4.78, 5) is 10.5. The molecular weight excluding hydrogens is 743 g/mol. The van der Waals surface area contributed by atoms with E-state index in [-0.39, 0.29) is 0 Å². The fraction of sp³-hybridized carbons (Fsp3) is 0.0357. The lowest BCUT2D eigenvalue weighted by Crippen LogP contribution is -2.03. The Balaban J connectivity index is 1.31. The third-order valence-corrected chi connectivity index (χ3v) is 11.5. The minimum absolute atomic E-state index is 0.580. The van der Waals surface area contributed by atoms with Gasteiger partial charge >= 0.3 is 0 Å². The van der Waals surface area contributed by atoms with Crippen LogP contribution in [0.3, 0.4) is 0 Å². The van der Waals surface area contributed by atoms with Gasteiger partial charge in [-0.05, 0) is 102 Å². The van der Waals surface area contributed by atoms with E-state index in [2.05, 4.69) is 134 Å². The number of para-hydroxylation sites is 1. The largest absolute Gasteiger partial charge is 0.308 e. The van der Waals surface area contributed by atoms with E-state index < -0.39 is 0 Å². The van der Waals surface area contributed by atoms with Gasteiger partial charge in [-0.15, -0.1) is 0 Å². The smallest absolute Gasteiger partial charge is 0.160 e. The van der Waals surface area contributed by atoms with Crippen LogP contribution in [0.5, 0.6) is 0 Å². The van der Waals surface area contributed by atoms with Crippen LogP contribution in [0.4, 0.5) is 0 Å². The highest BCUT2D eigenvalue weighted by Crippen LogP contribution is 2.45. The molecule has 0 aliphatic carbocycles. The van der Waals surface area contributed by atoms with Crippen LogP contribution in [0.2, 0.25) is 0 Å². The summed E-state index contributed by atoms with van der Waals surface area (Å²) in [5, 5.41) is 22.0. The monoisotopic (exact) mass is 779 g/mol. The van der Waals surface area contributed by atoms with Gasteiger partial charge in [0.1, 0.15) is 0 Å². The third kappa shape index (κ3) is 6.81. The zero-order valence-electron chi connectivity index (χ0n) is 33.6. The van der Waals surface area contributed by atoms with E-state index >= 15 is 0 Å². The topological polar surface area (TPSA) is 78.3 Å². The summed E-state index contributed by atoms with van der Waals surface area (Å²) >= 11 is 0. The molecule has 10 rings (SSSR count). The highest BCUT2D eigenvalue weighted by atomic mass is 15.0. The fourth-order valence-corrected chi connectivity index (χ4v) is 8.50. The van der Waals surface area contributed by atoms with Gasteiger partial charge in [-0.1, -0.05) is 133 Å². The Morgan fingerprint density at radius 2 is 0.934 bits per heavy atom. The number of nitrogens with zero attached hydrogens (tertiary/aromatic N) is 5. The van der Waals surface area contributed by atoms with Crippen molar-refractivity contribution in [2.75, 3.05) is 0 Å². The van der Waals surface area contributed by atoms with Crippen LogP contribution in [0, 0.1) is 36.5 Å². The summed E-state index contributed by atoms with van der Waals surface area (Å²) in [5.74, 6) is 0.580. The number of fused-ring (bicyclic) bond motifs is 3. The molecule has 0 spiro atoms. The summed E-state index contributed by atoms with van der Waals surface area (Å²) in [7, 11) is 0. The molecule has 0 radical (unpaired) electrons. The predicted octanol–water partition coefficient (Wildman–Crippen LogP) is 13.9. The normalized spacial score (nSPS) is 11.1.